The van der Waals surface area contributed by atoms with Gasteiger partial charge in [0.2, 0.25) is 0 Å². The van der Waals surface area contributed by atoms with Crippen molar-refractivity contribution in [3.8, 4) is 17.1 Å². The summed E-state index contributed by atoms with van der Waals surface area (Å²) in [5.41, 5.74) is 4.34. The molecule has 0 bridgehead atoms. The number of ether oxygens (including phenoxy) is 1. The number of H-pyrrole nitrogens is 1. The second-order valence-corrected chi connectivity index (χ2v) is 4.98. The van der Waals surface area contributed by atoms with E-state index in [9.17, 15) is 0 Å². The molecule has 0 amide bonds. The minimum Gasteiger partial charge on any atom is -0.494 e. The number of fused-ring (bicyclic) bond motifs is 1. The lowest BCUT2D eigenvalue weighted by Gasteiger charge is -2.05. The van der Waals surface area contributed by atoms with Crippen molar-refractivity contribution in [2.24, 2.45) is 0 Å². The number of aromatic nitrogens is 2. The van der Waals surface area contributed by atoms with Gasteiger partial charge in [-0.05, 0) is 43.2 Å². The molecular formula is C17H18N2O. The summed E-state index contributed by atoms with van der Waals surface area (Å²) >= 11 is 0. The summed E-state index contributed by atoms with van der Waals surface area (Å²) in [4.78, 5) is 8.00. The molecule has 0 radical (unpaired) electrons. The van der Waals surface area contributed by atoms with Crippen LogP contribution in [0.2, 0.25) is 0 Å². The first-order valence-corrected chi connectivity index (χ1v) is 6.96. The Bertz CT molecular complexity index is 731. The molecule has 3 nitrogen and oxygen atoms in total. The number of rotatable bonds is 4. The highest BCUT2D eigenvalue weighted by molar-refractivity contribution is 5.80. The van der Waals surface area contributed by atoms with Gasteiger partial charge in [-0.3, -0.25) is 0 Å². The predicted octanol–water partition coefficient (Wildman–Crippen LogP) is 4.33. The van der Waals surface area contributed by atoms with E-state index in [0.29, 0.717) is 0 Å². The van der Waals surface area contributed by atoms with Crippen LogP contribution in [0.25, 0.3) is 22.4 Å². The molecule has 3 aromatic rings. The van der Waals surface area contributed by atoms with Crippen LogP contribution < -0.4 is 4.74 Å². The van der Waals surface area contributed by atoms with Crippen LogP contribution >= 0.6 is 0 Å². The van der Waals surface area contributed by atoms with Crippen molar-refractivity contribution in [1.29, 1.82) is 0 Å². The van der Waals surface area contributed by atoms with E-state index in [2.05, 4.69) is 35.9 Å². The second kappa shape index (κ2) is 5.37. The first kappa shape index (κ1) is 12.7. The highest BCUT2D eigenvalue weighted by atomic mass is 16.5. The van der Waals surface area contributed by atoms with Gasteiger partial charge in [-0.25, -0.2) is 4.98 Å². The van der Waals surface area contributed by atoms with Crippen molar-refractivity contribution in [1.82, 2.24) is 9.97 Å². The van der Waals surface area contributed by atoms with E-state index in [1.165, 1.54) is 5.56 Å². The molecule has 1 heterocycles. The van der Waals surface area contributed by atoms with E-state index in [-0.39, 0.29) is 0 Å². The summed E-state index contributed by atoms with van der Waals surface area (Å²) in [5.74, 6) is 1.77. The van der Waals surface area contributed by atoms with Crippen LogP contribution in [-0.2, 0) is 0 Å². The lowest BCUT2D eigenvalue weighted by Crippen LogP contribution is -1.94. The molecule has 1 aromatic heterocycles. The molecule has 1 N–H and O–H groups in total. The standard InChI is InChI=1S/C17H18N2O/c1-3-9-20-14-6-4-5-13(11-14)17-18-15-8-7-12(2)10-16(15)19-17/h4-8,10-11H,3,9H2,1-2H3,(H,18,19). The number of hydrogen-bond acceptors (Lipinski definition) is 2. The Morgan fingerprint density at radius 1 is 1.15 bits per heavy atom. The maximum atomic E-state index is 5.67. The van der Waals surface area contributed by atoms with Gasteiger partial charge in [-0.2, -0.15) is 0 Å². The maximum absolute atomic E-state index is 5.67. The van der Waals surface area contributed by atoms with E-state index in [0.717, 1.165) is 41.2 Å². The average Bonchev–Trinajstić information content (AvgIpc) is 2.88. The summed E-state index contributed by atoms with van der Waals surface area (Å²) in [7, 11) is 0. The van der Waals surface area contributed by atoms with Gasteiger partial charge in [0.25, 0.3) is 0 Å². The largest absolute Gasteiger partial charge is 0.494 e. The molecule has 102 valence electrons. The Hall–Kier alpha value is -2.29. The number of hydrogen-bond donors (Lipinski definition) is 1. The van der Waals surface area contributed by atoms with Gasteiger partial charge in [-0.15, -0.1) is 0 Å². The van der Waals surface area contributed by atoms with Crippen LogP contribution in [0.5, 0.6) is 5.75 Å². The third kappa shape index (κ3) is 2.52. The Balaban J connectivity index is 1.97. The Kier molecular flexibility index (Phi) is 3.42. The van der Waals surface area contributed by atoms with Gasteiger partial charge in [0.05, 0.1) is 17.6 Å². The maximum Gasteiger partial charge on any atom is 0.138 e. The smallest absolute Gasteiger partial charge is 0.138 e. The highest BCUT2D eigenvalue weighted by Gasteiger charge is 2.06. The van der Waals surface area contributed by atoms with Crippen LogP contribution in [0.4, 0.5) is 0 Å². The van der Waals surface area contributed by atoms with E-state index >= 15 is 0 Å². The first-order chi connectivity index (χ1) is 9.76. The average molecular weight is 266 g/mol. The van der Waals surface area contributed by atoms with Crippen molar-refractivity contribution in [2.75, 3.05) is 6.61 Å². The number of nitrogens with one attached hydrogen (secondary N) is 1. The molecule has 3 heteroatoms. The fourth-order valence-electron chi connectivity index (χ4n) is 2.21. The van der Waals surface area contributed by atoms with E-state index in [4.69, 9.17) is 4.74 Å². The Morgan fingerprint density at radius 2 is 2.05 bits per heavy atom. The fraction of sp³-hybridized carbons (Fsp3) is 0.235. The number of benzene rings is 2. The molecule has 0 fully saturated rings. The minimum atomic E-state index is 0.739. The number of nitrogens with zero attached hydrogens (tertiary/aromatic N) is 1. The molecule has 0 aliphatic heterocycles. The van der Waals surface area contributed by atoms with Gasteiger partial charge in [-0.1, -0.05) is 25.1 Å². The molecule has 0 saturated heterocycles. The molecule has 0 unspecified atom stereocenters. The second-order valence-electron chi connectivity index (χ2n) is 4.98. The van der Waals surface area contributed by atoms with Crippen LogP contribution in [0.15, 0.2) is 42.5 Å². The van der Waals surface area contributed by atoms with E-state index < -0.39 is 0 Å². The van der Waals surface area contributed by atoms with Gasteiger partial charge >= 0.3 is 0 Å². The topological polar surface area (TPSA) is 37.9 Å². The predicted molar refractivity (Wildman–Crippen MR) is 82.1 cm³/mol. The van der Waals surface area contributed by atoms with Crippen molar-refractivity contribution < 1.29 is 4.74 Å². The Labute approximate surface area is 118 Å². The van der Waals surface area contributed by atoms with Gasteiger partial charge in [0, 0.05) is 5.56 Å². The summed E-state index contributed by atoms with van der Waals surface area (Å²) in [6.07, 6.45) is 1.01. The highest BCUT2D eigenvalue weighted by Crippen LogP contribution is 2.24. The van der Waals surface area contributed by atoms with Gasteiger partial charge in [0.15, 0.2) is 0 Å². The monoisotopic (exact) mass is 266 g/mol. The first-order valence-electron chi connectivity index (χ1n) is 6.96. The molecule has 20 heavy (non-hydrogen) atoms. The van der Waals surface area contributed by atoms with E-state index in [1.807, 2.05) is 30.3 Å². The minimum absolute atomic E-state index is 0.739. The van der Waals surface area contributed by atoms with Crippen molar-refractivity contribution >= 4 is 11.0 Å². The molecule has 0 aliphatic rings. The van der Waals surface area contributed by atoms with Crippen LogP contribution in [0, 0.1) is 6.92 Å². The number of imidazole rings is 1. The molecule has 3 rings (SSSR count). The van der Waals surface area contributed by atoms with Crippen molar-refractivity contribution in [3.05, 3.63) is 48.0 Å². The zero-order valence-electron chi connectivity index (χ0n) is 11.8. The zero-order valence-corrected chi connectivity index (χ0v) is 11.8. The third-order valence-electron chi connectivity index (χ3n) is 3.22. The SMILES string of the molecule is CCCOc1cccc(-c2nc3ccc(C)cc3[nH]2)c1. The summed E-state index contributed by atoms with van der Waals surface area (Å²) in [6.45, 7) is 4.92. The number of aryl methyl sites for hydroxylation is 1. The molecule has 0 spiro atoms. The van der Waals surface area contributed by atoms with Crippen LogP contribution in [0.1, 0.15) is 18.9 Å². The summed E-state index contributed by atoms with van der Waals surface area (Å²) in [5, 5.41) is 0. The zero-order chi connectivity index (χ0) is 13.9. The summed E-state index contributed by atoms with van der Waals surface area (Å²) in [6, 6.07) is 14.3. The lowest BCUT2D eigenvalue weighted by molar-refractivity contribution is 0.317. The summed E-state index contributed by atoms with van der Waals surface area (Å²) < 4.78 is 5.67. The molecule has 0 saturated carbocycles. The van der Waals surface area contributed by atoms with E-state index in [1.54, 1.807) is 0 Å². The molecule has 0 aliphatic carbocycles. The van der Waals surface area contributed by atoms with Crippen molar-refractivity contribution in [2.45, 2.75) is 20.3 Å². The van der Waals surface area contributed by atoms with Crippen LogP contribution in [-0.4, -0.2) is 16.6 Å². The quantitative estimate of drug-likeness (QED) is 0.763. The number of aromatic amines is 1. The molecule has 2 aromatic carbocycles. The molecule has 0 atom stereocenters. The van der Waals surface area contributed by atoms with Gasteiger partial charge < -0.3 is 9.72 Å². The normalized spacial score (nSPS) is 10.9. The Morgan fingerprint density at radius 3 is 2.90 bits per heavy atom. The fourth-order valence-corrected chi connectivity index (χ4v) is 2.21. The van der Waals surface area contributed by atoms with Crippen LogP contribution in [0.3, 0.4) is 0 Å². The lowest BCUT2D eigenvalue weighted by atomic mass is 10.2. The third-order valence-corrected chi connectivity index (χ3v) is 3.22. The molecular weight excluding hydrogens is 248 g/mol. The van der Waals surface area contributed by atoms with Crippen molar-refractivity contribution in [3.63, 3.8) is 0 Å². The van der Waals surface area contributed by atoms with Gasteiger partial charge in [0.1, 0.15) is 11.6 Å².